The van der Waals surface area contributed by atoms with E-state index in [4.69, 9.17) is 4.74 Å². The van der Waals surface area contributed by atoms with Crippen LogP contribution in [0.15, 0.2) is 53.4 Å². The van der Waals surface area contributed by atoms with E-state index in [1.54, 1.807) is 30.0 Å². The molecule has 1 aliphatic heterocycles. The summed E-state index contributed by atoms with van der Waals surface area (Å²) in [6, 6.07) is 12.9. The Kier molecular flexibility index (Phi) is 8.46. The van der Waals surface area contributed by atoms with E-state index < -0.39 is 15.9 Å². The van der Waals surface area contributed by atoms with E-state index in [-0.39, 0.29) is 35.6 Å². The van der Waals surface area contributed by atoms with Crippen molar-refractivity contribution in [3.8, 4) is 5.75 Å². The molecule has 0 aliphatic carbocycles. The Bertz CT molecular complexity index is 1080. The van der Waals surface area contributed by atoms with E-state index in [1.165, 1.54) is 12.1 Å². The summed E-state index contributed by atoms with van der Waals surface area (Å²) in [6.07, 6.45) is 2.62. The molecule has 1 heterocycles. The molecule has 2 N–H and O–H groups in total. The van der Waals surface area contributed by atoms with Gasteiger partial charge in [-0.3, -0.25) is 9.59 Å². The van der Waals surface area contributed by atoms with Gasteiger partial charge in [-0.25, -0.2) is 13.1 Å². The van der Waals surface area contributed by atoms with Crippen LogP contribution in [0, 0.1) is 0 Å². The first-order valence-corrected chi connectivity index (χ1v) is 12.7. The Labute approximate surface area is 195 Å². The lowest BCUT2D eigenvalue weighted by Gasteiger charge is -2.22. The third kappa shape index (κ3) is 6.33. The summed E-state index contributed by atoms with van der Waals surface area (Å²) < 4.78 is 32.8. The van der Waals surface area contributed by atoms with Crippen LogP contribution in [-0.2, 0) is 14.8 Å². The Balaban J connectivity index is 1.73. The molecule has 0 spiro atoms. The van der Waals surface area contributed by atoms with Gasteiger partial charge in [0.25, 0.3) is 11.8 Å². The molecule has 2 aromatic carbocycles. The summed E-state index contributed by atoms with van der Waals surface area (Å²) in [5.41, 5.74) is 1.01. The van der Waals surface area contributed by atoms with Crippen LogP contribution in [0.5, 0.6) is 5.75 Å². The molecule has 0 bridgehead atoms. The predicted molar refractivity (Wildman–Crippen MR) is 126 cm³/mol. The Morgan fingerprint density at radius 3 is 2.48 bits per heavy atom. The maximum Gasteiger partial charge on any atom is 0.260 e. The molecule has 8 nitrogen and oxygen atoms in total. The molecule has 178 valence electrons. The number of nitrogens with one attached hydrogen (secondary N) is 2. The van der Waals surface area contributed by atoms with Gasteiger partial charge in [-0.1, -0.05) is 38.1 Å². The van der Waals surface area contributed by atoms with Gasteiger partial charge in [0.2, 0.25) is 10.0 Å². The normalized spacial score (nSPS) is 14.7. The highest BCUT2D eigenvalue weighted by molar-refractivity contribution is 7.89. The smallest absolute Gasteiger partial charge is 0.260 e. The van der Waals surface area contributed by atoms with Crippen molar-refractivity contribution in [3.63, 3.8) is 0 Å². The van der Waals surface area contributed by atoms with Crippen molar-refractivity contribution in [2.24, 2.45) is 0 Å². The number of ether oxygens (including phenoxy) is 1. The number of hydrogen-bond donors (Lipinski definition) is 2. The molecule has 2 aromatic rings. The van der Waals surface area contributed by atoms with Gasteiger partial charge in [0.15, 0.2) is 6.61 Å². The van der Waals surface area contributed by atoms with Crippen LogP contribution >= 0.6 is 0 Å². The summed E-state index contributed by atoms with van der Waals surface area (Å²) >= 11 is 0. The van der Waals surface area contributed by atoms with Crippen molar-refractivity contribution in [3.05, 3.63) is 59.7 Å². The highest BCUT2D eigenvalue weighted by atomic mass is 32.2. The van der Waals surface area contributed by atoms with Gasteiger partial charge >= 0.3 is 0 Å². The topological polar surface area (TPSA) is 105 Å². The van der Waals surface area contributed by atoms with Gasteiger partial charge in [-0.15, -0.1) is 0 Å². The fourth-order valence-corrected chi connectivity index (χ4v) is 4.90. The number of carbonyl (C=O) groups is 2. The fraction of sp³-hybridized carbons (Fsp3) is 0.417. The predicted octanol–water partition coefficient (Wildman–Crippen LogP) is 2.87. The number of sulfonamides is 1. The van der Waals surface area contributed by atoms with E-state index in [0.29, 0.717) is 12.2 Å². The molecule has 0 saturated carbocycles. The minimum absolute atomic E-state index is 0.0363. The van der Waals surface area contributed by atoms with Crippen LogP contribution in [0.3, 0.4) is 0 Å². The van der Waals surface area contributed by atoms with Gasteiger partial charge in [-0.05, 0) is 43.5 Å². The average Bonchev–Trinajstić information content (AvgIpc) is 3.36. The first-order chi connectivity index (χ1) is 15.9. The highest BCUT2D eigenvalue weighted by Crippen LogP contribution is 2.28. The SMILES string of the molecule is CCNS(=O)(=O)c1cccc(C(=O)NC(CC)c2ccccc2OCC(=O)N2CCCC2)c1. The number of nitrogens with zero attached hydrogens (tertiary/aromatic N) is 1. The maximum absolute atomic E-state index is 12.9. The summed E-state index contributed by atoms with van der Waals surface area (Å²) in [4.78, 5) is 27.2. The minimum Gasteiger partial charge on any atom is -0.483 e. The molecule has 0 aromatic heterocycles. The van der Waals surface area contributed by atoms with E-state index >= 15 is 0 Å². The van der Waals surface area contributed by atoms with E-state index in [2.05, 4.69) is 10.0 Å². The van der Waals surface area contributed by atoms with E-state index in [1.807, 2.05) is 25.1 Å². The molecule has 1 saturated heterocycles. The summed E-state index contributed by atoms with van der Waals surface area (Å²) in [6.45, 7) is 5.36. The lowest BCUT2D eigenvalue weighted by molar-refractivity contribution is -0.132. The number of hydrogen-bond acceptors (Lipinski definition) is 5. The number of carbonyl (C=O) groups excluding carboxylic acids is 2. The highest BCUT2D eigenvalue weighted by Gasteiger charge is 2.22. The second-order valence-electron chi connectivity index (χ2n) is 7.88. The van der Waals surface area contributed by atoms with Crippen molar-refractivity contribution in [2.45, 2.75) is 44.0 Å². The van der Waals surface area contributed by atoms with Crippen molar-refractivity contribution >= 4 is 21.8 Å². The number of likely N-dealkylation sites (tertiary alicyclic amines) is 1. The monoisotopic (exact) mass is 473 g/mol. The van der Waals surface area contributed by atoms with Crippen molar-refractivity contribution in [2.75, 3.05) is 26.2 Å². The fourth-order valence-electron chi connectivity index (χ4n) is 3.82. The molecular weight excluding hydrogens is 442 g/mol. The molecular formula is C24H31N3O5S. The molecule has 3 rings (SSSR count). The van der Waals surface area contributed by atoms with Gasteiger partial charge in [0.05, 0.1) is 10.9 Å². The van der Waals surface area contributed by atoms with E-state index in [9.17, 15) is 18.0 Å². The van der Waals surface area contributed by atoms with Crippen LogP contribution in [-0.4, -0.2) is 51.4 Å². The minimum atomic E-state index is -3.67. The second-order valence-corrected chi connectivity index (χ2v) is 9.64. The molecule has 2 amide bonds. The molecule has 1 aliphatic rings. The van der Waals surface area contributed by atoms with Crippen LogP contribution < -0.4 is 14.8 Å². The summed E-state index contributed by atoms with van der Waals surface area (Å²) in [5.74, 6) is 0.108. The zero-order chi connectivity index (χ0) is 23.8. The van der Waals surface area contributed by atoms with Crippen LogP contribution in [0.4, 0.5) is 0 Å². The standard InChI is InChI=1S/C24H31N3O5S/c1-3-21(26-24(29)18-10-9-11-19(16-18)33(30,31)25-4-2)20-12-5-6-13-22(20)32-17-23(28)27-14-7-8-15-27/h5-6,9-13,16,21,25H,3-4,7-8,14-15,17H2,1-2H3,(H,26,29). The van der Waals surface area contributed by atoms with Crippen molar-refractivity contribution in [1.29, 1.82) is 0 Å². The summed E-state index contributed by atoms with van der Waals surface area (Å²) in [7, 11) is -3.67. The van der Waals surface area contributed by atoms with Gasteiger partial charge in [0.1, 0.15) is 5.75 Å². The molecule has 0 radical (unpaired) electrons. The first-order valence-electron chi connectivity index (χ1n) is 11.3. The molecule has 1 fully saturated rings. The molecule has 1 unspecified atom stereocenters. The molecule has 1 atom stereocenters. The first kappa shape index (κ1) is 24.7. The maximum atomic E-state index is 12.9. The largest absolute Gasteiger partial charge is 0.483 e. The second kappa shape index (κ2) is 11.3. The lowest BCUT2D eigenvalue weighted by Crippen LogP contribution is -2.33. The van der Waals surface area contributed by atoms with Crippen molar-refractivity contribution in [1.82, 2.24) is 14.9 Å². The summed E-state index contributed by atoms with van der Waals surface area (Å²) in [5, 5.41) is 2.96. The van der Waals surface area contributed by atoms with Crippen LogP contribution in [0.1, 0.15) is 55.1 Å². The molecule has 9 heteroatoms. The van der Waals surface area contributed by atoms with Gasteiger partial charge in [0, 0.05) is 30.8 Å². The zero-order valence-corrected chi connectivity index (χ0v) is 19.9. The van der Waals surface area contributed by atoms with E-state index in [0.717, 1.165) is 31.5 Å². The van der Waals surface area contributed by atoms with Gasteiger partial charge < -0.3 is 15.0 Å². The zero-order valence-electron chi connectivity index (χ0n) is 19.0. The number of benzene rings is 2. The third-order valence-electron chi connectivity index (χ3n) is 5.56. The van der Waals surface area contributed by atoms with Crippen LogP contribution in [0.25, 0.3) is 0 Å². The van der Waals surface area contributed by atoms with Gasteiger partial charge in [-0.2, -0.15) is 0 Å². The Morgan fingerprint density at radius 1 is 1.06 bits per heavy atom. The number of amides is 2. The number of para-hydroxylation sites is 1. The van der Waals surface area contributed by atoms with Crippen LogP contribution in [0.2, 0.25) is 0 Å². The lowest BCUT2D eigenvalue weighted by atomic mass is 10.0. The molecule has 33 heavy (non-hydrogen) atoms. The quantitative estimate of drug-likeness (QED) is 0.552. The Morgan fingerprint density at radius 2 is 1.79 bits per heavy atom. The Hall–Kier alpha value is -2.91. The third-order valence-corrected chi connectivity index (χ3v) is 7.10. The average molecular weight is 474 g/mol. The number of rotatable bonds is 10. The van der Waals surface area contributed by atoms with Crippen molar-refractivity contribution < 1.29 is 22.7 Å².